The molecule has 0 saturated heterocycles. The van der Waals surface area contributed by atoms with Gasteiger partial charge in [-0.05, 0) is 38.9 Å². The number of nitrogens with one attached hydrogen (secondary N) is 1. The molecule has 0 fully saturated rings. The topological polar surface area (TPSA) is 15.3 Å². The van der Waals surface area contributed by atoms with Crippen molar-refractivity contribution in [1.82, 2.24) is 10.2 Å². The highest BCUT2D eigenvalue weighted by atomic mass is 15.1. The van der Waals surface area contributed by atoms with Crippen molar-refractivity contribution in [1.29, 1.82) is 0 Å². The van der Waals surface area contributed by atoms with Gasteiger partial charge in [-0.1, -0.05) is 44.2 Å². The Kier molecular flexibility index (Phi) is 6.37. The summed E-state index contributed by atoms with van der Waals surface area (Å²) >= 11 is 0. The summed E-state index contributed by atoms with van der Waals surface area (Å²) in [6.45, 7) is 7.90. The van der Waals surface area contributed by atoms with E-state index in [2.05, 4.69) is 75.4 Å². The summed E-state index contributed by atoms with van der Waals surface area (Å²) in [4.78, 5) is 2.23. The van der Waals surface area contributed by atoms with Crippen LogP contribution < -0.4 is 5.32 Å². The van der Waals surface area contributed by atoms with Crippen LogP contribution >= 0.6 is 0 Å². The average molecular weight is 248 g/mol. The lowest BCUT2D eigenvalue weighted by molar-refractivity contribution is 0.313. The SMILES string of the molecule is CC(C)CC(NC(C)CN(C)C)c1ccccc1. The van der Waals surface area contributed by atoms with Gasteiger partial charge in [0, 0.05) is 18.6 Å². The first-order chi connectivity index (χ1) is 8.49. The van der Waals surface area contributed by atoms with E-state index in [1.165, 1.54) is 12.0 Å². The lowest BCUT2D eigenvalue weighted by Crippen LogP contribution is -2.38. The Labute approximate surface area is 112 Å². The Morgan fingerprint density at radius 3 is 2.17 bits per heavy atom. The number of nitrogens with zero attached hydrogens (tertiary/aromatic N) is 1. The van der Waals surface area contributed by atoms with Crippen molar-refractivity contribution < 1.29 is 0 Å². The van der Waals surface area contributed by atoms with Gasteiger partial charge in [0.1, 0.15) is 0 Å². The normalized spacial score (nSPS) is 15.1. The number of rotatable bonds is 7. The summed E-state index contributed by atoms with van der Waals surface area (Å²) in [5.74, 6) is 0.703. The number of benzene rings is 1. The van der Waals surface area contributed by atoms with Crippen LogP contribution in [-0.2, 0) is 0 Å². The summed E-state index contributed by atoms with van der Waals surface area (Å²) in [6, 6.07) is 11.7. The molecule has 0 bridgehead atoms. The van der Waals surface area contributed by atoms with Gasteiger partial charge in [-0.25, -0.2) is 0 Å². The van der Waals surface area contributed by atoms with E-state index in [1.54, 1.807) is 0 Å². The minimum absolute atomic E-state index is 0.459. The largest absolute Gasteiger partial charge is 0.308 e. The average Bonchev–Trinajstić information content (AvgIpc) is 2.27. The minimum Gasteiger partial charge on any atom is -0.308 e. The molecule has 0 heterocycles. The second-order valence-corrected chi connectivity index (χ2v) is 5.92. The maximum absolute atomic E-state index is 3.75. The molecule has 1 aromatic carbocycles. The molecule has 0 spiro atoms. The van der Waals surface area contributed by atoms with Crippen LogP contribution in [0.3, 0.4) is 0 Å². The van der Waals surface area contributed by atoms with Crippen LogP contribution in [0.4, 0.5) is 0 Å². The molecule has 1 N–H and O–H groups in total. The third-order valence-electron chi connectivity index (χ3n) is 3.03. The standard InChI is InChI=1S/C16H28N2/c1-13(2)11-16(15-9-7-6-8-10-15)17-14(3)12-18(4)5/h6-10,13-14,16-17H,11-12H2,1-5H3. The van der Waals surface area contributed by atoms with Crippen LogP contribution in [0.1, 0.15) is 38.8 Å². The number of likely N-dealkylation sites (N-methyl/N-ethyl adjacent to an activating group) is 1. The first kappa shape index (κ1) is 15.2. The molecular formula is C16H28N2. The summed E-state index contributed by atoms with van der Waals surface area (Å²) in [5.41, 5.74) is 1.40. The Morgan fingerprint density at radius 2 is 1.67 bits per heavy atom. The van der Waals surface area contributed by atoms with Crippen molar-refractivity contribution in [2.24, 2.45) is 5.92 Å². The quantitative estimate of drug-likeness (QED) is 0.796. The first-order valence-corrected chi connectivity index (χ1v) is 6.94. The van der Waals surface area contributed by atoms with Crippen LogP contribution in [0.15, 0.2) is 30.3 Å². The van der Waals surface area contributed by atoms with E-state index in [0.717, 1.165) is 6.54 Å². The summed E-state index contributed by atoms with van der Waals surface area (Å²) in [6.07, 6.45) is 1.18. The summed E-state index contributed by atoms with van der Waals surface area (Å²) in [5, 5.41) is 3.75. The second-order valence-electron chi connectivity index (χ2n) is 5.92. The van der Waals surface area contributed by atoms with E-state index in [4.69, 9.17) is 0 Å². The van der Waals surface area contributed by atoms with Crippen molar-refractivity contribution in [3.63, 3.8) is 0 Å². The molecule has 0 aromatic heterocycles. The molecule has 18 heavy (non-hydrogen) atoms. The predicted octanol–water partition coefficient (Wildman–Crippen LogP) is 3.31. The van der Waals surface area contributed by atoms with Gasteiger partial charge in [0.2, 0.25) is 0 Å². The molecule has 1 aromatic rings. The molecule has 2 unspecified atom stereocenters. The molecule has 2 atom stereocenters. The van der Waals surface area contributed by atoms with Gasteiger partial charge < -0.3 is 10.2 Å². The summed E-state index contributed by atoms with van der Waals surface area (Å²) < 4.78 is 0. The lowest BCUT2D eigenvalue weighted by Gasteiger charge is -2.27. The van der Waals surface area contributed by atoms with Gasteiger partial charge in [-0.3, -0.25) is 0 Å². The fraction of sp³-hybridized carbons (Fsp3) is 0.625. The van der Waals surface area contributed by atoms with Gasteiger partial charge in [0.25, 0.3) is 0 Å². The van der Waals surface area contributed by atoms with Crippen LogP contribution in [0.5, 0.6) is 0 Å². The highest BCUT2D eigenvalue weighted by Gasteiger charge is 2.15. The van der Waals surface area contributed by atoms with Crippen LogP contribution in [0.2, 0.25) is 0 Å². The first-order valence-electron chi connectivity index (χ1n) is 6.94. The van der Waals surface area contributed by atoms with Gasteiger partial charge in [0.05, 0.1) is 0 Å². The van der Waals surface area contributed by atoms with Crippen LogP contribution in [0.25, 0.3) is 0 Å². The van der Waals surface area contributed by atoms with Crippen molar-refractivity contribution >= 4 is 0 Å². The molecule has 102 valence electrons. The van der Waals surface area contributed by atoms with Crippen molar-refractivity contribution in [3.05, 3.63) is 35.9 Å². The molecule has 0 saturated carbocycles. The Hall–Kier alpha value is -0.860. The van der Waals surface area contributed by atoms with Crippen molar-refractivity contribution in [2.75, 3.05) is 20.6 Å². The molecule has 2 nitrogen and oxygen atoms in total. The van der Waals surface area contributed by atoms with E-state index >= 15 is 0 Å². The highest BCUT2D eigenvalue weighted by Crippen LogP contribution is 2.21. The molecule has 0 radical (unpaired) electrons. The minimum atomic E-state index is 0.459. The maximum Gasteiger partial charge on any atom is 0.0325 e. The number of hydrogen-bond acceptors (Lipinski definition) is 2. The van der Waals surface area contributed by atoms with Gasteiger partial charge in [-0.15, -0.1) is 0 Å². The monoisotopic (exact) mass is 248 g/mol. The van der Waals surface area contributed by atoms with E-state index in [1.807, 2.05) is 0 Å². The van der Waals surface area contributed by atoms with Crippen LogP contribution in [-0.4, -0.2) is 31.6 Å². The molecule has 0 aliphatic carbocycles. The highest BCUT2D eigenvalue weighted by molar-refractivity contribution is 5.19. The molecule has 1 rings (SSSR count). The fourth-order valence-corrected chi connectivity index (χ4v) is 2.40. The Morgan fingerprint density at radius 1 is 1.06 bits per heavy atom. The molecule has 0 amide bonds. The molecule has 0 aliphatic rings. The third kappa shape index (κ3) is 5.65. The van der Waals surface area contributed by atoms with E-state index < -0.39 is 0 Å². The van der Waals surface area contributed by atoms with Gasteiger partial charge in [0.15, 0.2) is 0 Å². The zero-order valence-electron chi connectivity index (χ0n) is 12.5. The second kappa shape index (κ2) is 7.55. The zero-order valence-corrected chi connectivity index (χ0v) is 12.5. The van der Waals surface area contributed by atoms with E-state index in [-0.39, 0.29) is 0 Å². The smallest absolute Gasteiger partial charge is 0.0325 e. The van der Waals surface area contributed by atoms with Crippen molar-refractivity contribution in [2.45, 2.75) is 39.3 Å². The summed E-state index contributed by atoms with van der Waals surface area (Å²) in [7, 11) is 4.25. The number of hydrogen-bond donors (Lipinski definition) is 1. The van der Waals surface area contributed by atoms with Gasteiger partial charge in [-0.2, -0.15) is 0 Å². The Bertz CT molecular complexity index is 319. The third-order valence-corrected chi connectivity index (χ3v) is 3.03. The molecule has 2 heteroatoms. The Balaban J connectivity index is 2.67. The lowest BCUT2D eigenvalue weighted by atomic mass is 9.96. The van der Waals surface area contributed by atoms with Crippen LogP contribution in [0, 0.1) is 5.92 Å². The van der Waals surface area contributed by atoms with E-state index in [0.29, 0.717) is 18.0 Å². The van der Waals surface area contributed by atoms with E-state index in [9.17, 15) is 0 Å². The van der Waals surface area contributed by atoms with Gasteiger partial charge >= 0.3 is 0 Å². The molecule has 0 aliphatic heterocycles. The van der Waals surface area contributed by atoms with Crippen molar-refractivity contribution in [3.8, 4) is 0 Å². The fourth-order valence-electron chi connectivity index (χ4n) is 2.40. The maximum atomic E-state index is 3.75. The molecular weight excluding hydrogens is 220 g/mol. The zero-order chi connectivity index (χ0) is 13.5. The predicted molar refractivity (Wildman–Crippen MR) is 79.8 cm³/mol.